The van der Waals surface area contributed by atoms with Crippen molar-refractivity contribution >= 4 is 61.2 Å². The van der Waals surface area contributed by atoms with Crippen LogP contribution >= 0.6 is 44.3 Å². The van der Waals surface area contributed by atoms with E-state index in [0.29, 0.717) is 9.47 Å². The number of anilines is 1. The van der Waals surface area contributed by atoms with Gasteiger partial charge < -0.3 is 4.74 Å². The zero-order valence-corrected chi connectivity index (χ0v) is 18.6. The van der Waals surface area contributed by atoms with Gasteiger partial charge in [0, 0.05) is 0 Å². The molecule has 12 heteroatoms. The van der Waals surface area contributed by atoms with E-state index in [0.717, 1.165) is 28.6 Å². The van der Waals surface area contributed by atoms with Crippen LogP contribution in [0.1, 0.15) is 38.6 Å². The van der Waals surface area contributed by atoms with E-state index in [9.17, 15) is 9.59 Å². The first kappa shape index (κ1) is 18.9. The first-order valence-electron chi connectivity index (χ1n) is 8.94. The Bertz CT molecular complexity index is 945. The highest BCUT2D eigenvalue weighted by Gasteiger charge is 2.77. The van der Waals surface area contributed by atoms with Crippen LogP contribution in [0.4, 0.5) is 5.13 Å². The molecule has 0 saturated carbocycles. The summed E-state index contributed by atoms with van der Waals surface area (Å²) < 4.78 is 7.46. The van der Waals surface area contributed by atoms with Gasteiger partial charge in [-0.1, -0.05) is 29.6 Å². The largest absolute Gasteiger partial charge is 0.373 e. The molecule has 0 radical (unpaired) electrons. The molecule has 3 aliphatic heterocycles. The van der Waals surface area contributed by atoms with Crippen molar-refractivity contribution < 1.29 is 14.3 Å². The van der Waals surface area contributed by atoms with Crippen molar-refractivity contribution in [2.24, 2.45) is 10.8 Å². The van der Waals surface area contributed by atoms with Gasteiger partial charge in [-0.2, -0.15) is 0 Å². The fourth-order valence-corrected chi connectivity index (χ4v) is 8.43. The molecule has 4 atom stereocenters. The summed E-state index contributed by atoms with van der Waals surface area (Å²) in [6.07, 6.45) is 2.09. The number of ether oxygens (including phenoxy) is 1. The van der Waals surface area contributed by atoms with Gasteiger partial charge in [-0.25, -0.2) is 4.90 Å². The number of aromatic nitrogens is 4. The molecule has 0 aromatic carbocycles. The summed E-state index contributed by atoms with van der Waals surface area (Å²) in [4.78, 5) is 27.8. The highest BCUT2D eigenvalue weighted by molar-refractivity contribution is 8.77. The lowest BCUT2D eigenvalue weighted by Crippen LogP contribution is -2.48. The maximum absolute atomic E-state index is 13.3. The highest BCUT2D eigenvalue weighted by atomic mass is 33.1. The predicted molar refractivity (Wildman–Crippen MR) is 108 cm³/mol. The molecule has 0 N–H and O–H groups in total. The lowest BCUT2D eigenvalue weighted by molar-refractivity contribution is -0.132. The van der Waals surface area contributed by atoms with Crippen molar-refractivity contribution in [3.8, 4) is 0 Å². The summed E-state index contributed by atoms with van der Waals surface area (Å²) in [5.41, 5.74) is -1.66. The van der Waals surface area contributed by atoms with Crippen LogP contribution in [0.25, 0.3) is 0 Å². The topological polar surface area (TPSA) is 98.2 Å². The second kappa shape index (κ2) is 6.46. The van der Waals surface area contributed by atoms with Crippen molar-refractivity contribution in [3.63, 3.8) is 0 Å². The third-order valence-corrected chi connectivity index (χ3v) is 11.1. The van der Waals surface area contributed by atoms with Gasteiger partial charge in [-0.3, -0.25) is 9.59 Å². The maximum atomic E-state index is 13.3. The van der Waals surface area contributed by atoms with E-state index < -0.39 is 10.8 Å². The second-order valence-corrected chi connectivity index (χ2v) is 12.0. The number of imide groups is 1. The summed E-state index contributed by atoms with van der Waals surface area (Å²) in [5, 5.41) is 17.8. The smallest absolute Gasteiger partial charge is 0.245 e. The number of carbonyl (C=O) groups excluding carboxylic acids is 2. The average Bonchev–Trinajstić information content (AvgIpc) is 3.47. The quantitative estimate of drug-likeness (QED) is 0.382. The number of aryl methyl sites for hydroxylation is 1. The van der Waals surface area contributed by atoms with Crippen LogP contribution in [-0.2, 0) is 20.7 Å². The molecule has 3 saturated heterocycles. The molecule has 5 heterocycles. The van der Waals surface area contributed by atoms with Crippen LogP contribution in [0.3, 0.4) is 0 Å². The molecule has 8 nitrogen and oxygen atoms in total. The minimum absolute atomic E-state index is 0.202. The number of hydrogen-bond donors (Lipinski definition) is 0. The Balaban J connectivity index is 1.37. The molecule has 28 heavy (non-hydrogen) atoms. The number of hydrogen-bond acceptors (Lipinski definition) is 11. The van der Waals surface area contributed by atoms with Gasteiger partial charge in [-0.15, -0.1) is 20.4 Å². The van der Waals surface area contributed by atoms with E-state index in [1.807, 2.05) is 20.8 Å². The third-order valence-electron chi connectivity index (χ3n) is 6.20. The molecule has 0 aliphatic carbocycles. The molecule has 2 aromatic heterocycles. The summed E-state index contributed by atoms with van der Waals surface area (Å²) in [6.45, 7) is 5.77. The highest BCUT2D eigenvalue weighted by Crippen LogP contribution is 2.64. The van der Waals surface area contributed by atoms with Crippen LogP contribution in [0, 0.1) is 10.8 Å². The average molecular weight is 456 g/mol. The van der Waals surface area contributed by atoms with E-state index in [4.69, 9.17) is 4.74 Å². The Kier molecular flexibility index (Phi) is 4.36. The number of carbonyl (C=O) groups is 2. The van der Waals surface area contributed by atoms with Gasteiger partial charge in [0.1, 0.15) is 5.01 Å². The Morgan fingerprint density at radius 3 is 2.14 bits per heavy atom. The molecule has 2 bridgehead atoms. The van der Waals surface area contributed by atoms with Crippen LogP contribution in [0.5, 0.6) is 0 Å². The Morgan fingerprint density at radius 1 is 1.00 bits per heavy atom. The number of rotatable bonds is 5. The summed E-state index contributed by atoms with van der Waals surface area (Å²) in [6, 6.07) is 0. The SMILES string of the molecule is CCc1nnc(SSc2nnc(N3C(=O)[C@@]4(C)[C@@H]5CC[C@@H](O5)[C@@]4(C)C3=O)s2)s1. The predicted octanol–water partition coefficient (Wildman–Crippen LogP) is 3.20. The van der Waals surface area contributed by atoms with Crippen LogP contribution in [0.15, 0.2) is 8.68 Å². The number of nitrogens with zero attached hydrogens (tertiary/aromatic N) is 5. The van der Waals surface area contributed by atoms with Crippen molar-refractivity contribution in [2.45, 2.75) is 60.9 Å². The van der Waals surface area contributed by atoms with Crippen LogP contribution < -0.4 is 4.90 Å². The molecule has 148 valence electrons. The summed E-state index contributed by atoms with van der Waals surface area (Å²) in [7, 11) is 2.86. The normalized spacial score (nSPS) is 33.9. The second-order valence-electron chi connectivity index (χ2n) is 7.37. The van der Waals surface area contributed by atoms with Crippen molar-refractivity contribution in [3.05, 3.63) is 5.01 Å². The lowest BCUT2D eigenvalue weighted by Gasteiger charge is -2.36. The summed E-state index contributed by atoms with van der Waals surface area (Å²) >= 11 is 2.79. The van der Waals surface area contributed by atoms with Gasteiger partial charge in [0.25, 0.3) is 0 Å². The van der Waals surface area contributed by atoms with Gasteiger partial charge in [-0.05, 0) is 54.7 Å². The zero-order valence-electron chi connectivity index (χ0n) is 15.4. The van der Waals surface area contributed by atoms with E-state index in [1.165, 1.54) is 37.8 Å². The first-order chi connectivity index (χ1) is 13.4. The van der Waals surface area contributed by atoms with E-state index in [-0.39, 0.29) is 24.0 Å². The van der Waals surface area contributed by atoms with Gasteiger partial charge in [0.05, 0.1) is 23.0 Å². The van der Waals surface area contributed by atoms with Gasteiger partial charge >= 0.3 is 0 Å². The Hall–Kier alpha value is -1.08. The van der Waals surface area contributed by atoms with Crippen molar-refractivity contribution in [1.29, 1.82) is 0 Å². The molecule has 3 fully saturated rings. The molecule has 0 spiro atoms. The van der Waals surface area contributed by atoms with Gasteiger partial charge in [0.15, 0.2) is 8.68 Å². The molecular formula is C16H17N5O3S4. The molecule has 5 rings (SSSR count). The monoisotopic (exact) mass is 455 g/mol. The fourth-order valence-electron chi connectivity index (χ4n) is 4.42. The molecule has 0 unspecified atom stereocenters. The number of amides is 2. The van der Waals surface area contributed by atoms with Crippen LogP contribution in [-0.4, -0.2) is 44.4 Å². The lowest BCUT2D eigenvalue weighted by atomic mass is 9.59. The Morgan fingerprint density at radius 2 is 1.57 bits per heavy atom. The molecule has 2 aromatic rings. The van der Waals surface area contributed by atoms with E-state index in [2.05, 4.69) is 20.4 Å². The standard InChI is InChI=1S/C16H17N5O3S4/c1-4-9-17-19-13(25-9)27-28-14-20-18-12(26-14)21-10(22)15(2)7-5-6-8(24-7)16(15,3)11(21)23/h7-8H,4-6H2,1-3H3/t7-,8+,15+,16-. The number of fused-ring (bicyclic) bond motifs is 5. The van der Waals surface area contributed by atoms with E-state index >= 15 is 0 Å². The minimum Gasteiger partial charge on any atom is -0.373 e. The fraction of sp³-hybridized carbons (Fsp3) is 0.625. The first-order valence-corrected chi connectivity index (χ1v) is 12.7. The van der Waals surface area contributed by atoms with E-state index in [1.54, 1.807) is 11.3 Å². The van der Waals surface area contributed by atoms with Gasteiger partial charge in [0.2, 0.25) is 16.9 Å². The zero-order chi connectivity index (χ0) is 19.7. The third kappa shape index (κ3) is 2.35. The minimum atomic E-state index is -0.830. The van der Waals surface area contributed by atoms with Crippen LogP contribution in [0.2, 0.25) is 0 Å². The maximum Gasteiger partial charge on any atom is 0.245 e. The molecule has 3 aliphatic rings. The van der Waals surface area contributed by atoms with Crippen molar-refractivity contribution in [2.75, 3.05) is 4.90 Å². The molecule has 2 amide bonds. The summed E-state index contributed by atoms with van der Waals surface area (Å²) in [5.74, 6) is -0.437. The molecular weight excluding hydrogens is 438 g/mol. The van der Waals surface area contributed by atoms with Crippen molar-refractivity contribution in [1.82, 2.24) is 20.4 Å². The Labute approximate surface area is 177 Å².